The summed E-state index contributed by atoms with van der Waals surface area (Å²) in [6, 6.07) is 2.53. The second-order valence-electron chi connectivity index (χ2n) is 4.83. The summed E-state index contributed by atoms with van der Waals surface area (Å²) >= 11 is 0.606. The Morgan fingerprint density at radius 1 is 1.25 bits per heavy atom. The van der Waals surface area contributed by atoms with Crippen LogP contribution in [0.1, 0.15) is 10.6 Å². The van der Waals surface area contributed by atoms with Crippen molar-refractivity contribution in [2.75, 3.05) is 12.4 Å². The first-order valence-corrected chi connectivity index (χ1v) is 7.31. The van der Waals surface area contributed by atoms with Crippen molar-refractivity contribution in [3.63, 3.8) is 0 Å². The molecule has 130 valence electrons. The monoisotopic (exact) mass is 366 g/mol. The van der Waals surface area contributed by atoms with Crippen molar-refractivity contribution in [3.8, 4) is 0 Å². The summed E-state index contributed by atoms with van der Waals surface area (Å²) in [6.45, 7) is -0.0305. The van der Waals surface area contributed by atoms with Crippen molar-refractivity contribution >= 4 is 22.5 Å². The lowest BCUT2D eigenvalue weighted by molar-refractivity contribution is -0.127. The summed E-state index contributed by atoms with van der Waals surface area (Å²) in [5.74, 6) is -2.04. The minimum absolute atomic E-state index is 0.0305. The van der Waals surface area contributed by atoms with Gasteiger partial charge in [0.1, 0.15) is 5.01 Å². The Morgan fingerprint density at radius 2 is 1.96 bits per heavy atom. The lowest BCUT2D eigenvalue weighted by Crippen LogP contribution is -2.30. The summed E-state index contributed by atoms with van der Waals surface area (Å²) in [7, 11) is 1.38. The second-order valence-corrected chi connectivity index (χ2v) is 5.89. The van der Waals surface area contributed by atoms with E-state index in [9.17, 15) is 26.7 Å². The number of carbonyl (C=O) groups is 1. The number of hydrogen-bond donors (Lipinski definition) is 1. The SMILES string of the molecule is CN(Cc1ccc(F)c(F)c1)C(=O)Nc1nnc(CC(F)(F)F)s1. The van der Waals surface area contributed by atoms with Crippen LogP contribution in [0.5, 0.6) is 0 Å². The predicted molar refractivity (Wildman–Crippen MR) is 76.5 cm³/mol. The quantitative estimate of drug-likeness (QED) is 0.842. The Balaban J connectivity index is 1.95. The molecule has 5 nitrogen and oxygen atoms in total. The Labute approximate surface area is 137 Å². The van der Waals surface area contributed by atoms with Crippen molar-refractivity contribution in [1.82, 2.24) is 15.1 Å². The Kier molecular flexibility index (Phi) is 5.32. The molecule has 0 saturated heterocycles. The van der Waals surface area contributed by atoms with Crippen molar-refractivity contribution in [3.05, 3.63) is 40.4 Å². The fraction of sp³-hybridized carbons (Fsp3) is 0.308. The molecule has 2 rings (SSSR count). The van der Waals surface area contributed by atoms with E-state index in [1.54, 1.807) is 0 Å². The van der Waals surface area contributed by atoms with E-state index in [4.69, 9.17) is 0 Å². The predicted octanol–water partition coefficient (Wildman–Crippen LogP) is 3.59. The van der Waals surface area contributed by atoms with Crippen molar-refractivity contribution in [1.29, 1.82) is 0 Å². The average Bonchev–Trinajstić information content (AvgIpc) is 2.87. The van der Waals surface area contributed by atoms with Crippen LogP contribution in [0.3, 0.4) is 0 Å². The first-order valence-electron chi connectivity index (χ1n) is 6.49. The maximum atomic E-state index is 13.1. The maximum Gasteiger partial charge on any atom is 0.395 e. The lowest BCUT2D eigenvalue weighted by Gasteiger charge is -2.17. The number of aromatic nitrogens is 2. The molecule has 11 heteroatoms. The molecule has 0 unspecified atom stereocenters. The molecule has 0 saturated carbocycles. The molecule has 1 aromatic heterocycles. The van der Waals surface area contributed by atoms with Crippen molar-refractivity contribution in [2.45, 2.75) is 19.1 Å². The van der Waals surface area contributed by atoms with Crippen LogP contribution >= 0.6 is 11.3 Å². The van der Waals surface area contributed by atoms with Crippen LogP contribution < -0.4 is 5.32 Å². The van der Waals surface area contributed by atoms with E-state index < -0.39 is 30.3 Å². The zero-order valence-corrected chi connectivity index (χ0v) is 13.0. The smallest absolute Gasteiger partial charge is 0.323 e. The molecule has 0 aliphatic rings. The number of carbonyl (C=O) groups excluding carboxylic acids is 1. The minimum atomic E-state index is -4.41. The van der Waals surface area contributed by atoms with Gasteiger partial charge in [-0.05, 0) is 17.7 Å². The van der Waals surface area contributed by atoms with Crippen LogP contribution in [0.4, 0.5) is 31.9 Å². The van der Waals surface area contributed by atoms with Crippen LogP contribution in [-0.2, 0) is 13.0 Å². The molecule has 1 N–H and O–H groups in total. The van der Waals surface area contributed by atoms with E-state index in [0.717, 1.165) is 17.0 Å². The number of hydrogen-bond acceptors (Lipinski definition) is 4. The summed E-state index contributed by atoms with van der Waals surface area (Å²) in [4.78, 5) is 13.1. The zero-order valence-electron chi connectivity index (χ0n) is 12.2. The third-order valence-electron chi connectivity index (χ3n) is 2.78. The summed E-state index contributed by atoms with van der Waals surface area (Å²) < 4.78 is 62.6. The number of nitrogens with one attached hydrogen (secondary N) is 1. The van der Waals surface area contributed by atoms with Crippen LogP contribution in [0, 0.1) is 11.6 Å². The van der Waals surface area contributed by atoms with E-state index in [0.29, 0.717) is 16.9 Å². The summed E-state index contributed by atoms with van der Waals surface area (Å²) in [5.41, 5.74) is 0.349. The molecule has 2 aromatic rings. The molecule has 2 amide bonds. The van der Waals surface area contributed by atoms with Crippen LogP contribution in [-0.4, -0.2) is 34.4 Å². The third kappa shape index (κ3) is 5.11. The molecule has 24 heavy (non-hydrogen) atoms. The lowest BCUT2D eigenvalue weighted by atomic mass is 10.2. The molecule has 0 atom stereocenters. The van der Waals surface area contributed by atoms with Gasteiger partial charge in [-0.2, -0.15) is 13.2 Å². The highest BCUT2D eigenvalue weighted by molar-refractivity contribution is 7.15. The Morgan fingerprint density at radius 3 is 2.58 bits per heavy atom. The maximum absolute atomic E-state index is 13.1. The first-order chi connectivity index (χ1) is 11.1. The second kappa shape index (κ2) is 7.07. The van der Waals surface area contributed by atoms with Crippen LogP contribution in [0.15, 0.2) is 18.2 Å². The van der Waals surface area contributed by atoms with Gasteiger partial charge in [-0.1, -0.05) is 17.4 Å². The summed E-state index contributed by atoms with van der Waals surface area (Å²) in [6.07, 6.45) is -5.64. The highest BCUT2D eigenvalue weighted by atomic mass is 32.1. The fourth-order valence-electron chi connectivity index (χ4n) is 1.72. The zero-order chi connectivity index (χ0) is 17.9. The fourth-order valence-corrected chi connectivity index (χ4v) is 2.48. The van der Waals surface area contributed by atoms with Gasteiger partial charge in [0.25, 0.3) is 0 Å². The summed E-state index contributed by atoms with van der Waals surface area (Å²) in [5, 5.41) is 8.73. The number of halogens is 5. The van der Waals surface area contributed by atoms with Gasteiger partial charge >= 0.3 is 12.2 Å². The average molecular weight is 366 g/mol. The number of benzene rings is 1. The van der Waals surface area contributed by atoms with E-state index >= 15 is 0 Å². The molecule has 0 bridgehead atoms. The number of alkyl halides is 3. The van der Waals surface area contributed by atoms with Gasteiger partial charge < -0.3 is 4.90 Å². The number of anilines is 1. The molecule has 0 radical (unpaired) electrons. The van der Waals surface area contributed by atoms with Gasteiger partial charge in [-0.15, -0.1) is 10.2 Å². The number of rotatable bonds is 4. The molecule has 0 aliphatic heterocycles. The molecule has 1 heterocycles. The normalized spacial score (nSPS) is 11.4. The van der Waals surface area contributed by atoms with E-state index in [2.05, 4.69) is 15.5 Å². The minimum Gasteiger partial charge on any atom is -0.323 e. The standard InChI is InChI=1S/C13H11F5N4OS/c1-22(6-7-2-3-8(14)9(15)4-7)12(23)19-11-21-20-10(24-11)5-13(16,17)18/h2-4H,5-6H2,1H3,(H,19,21,23). The Bertz CT molecular complexity index is 733. The number of nitrogens with zero attached hydrogens (tertiary/aromatic N) is 3. The van der Waals surface area contributed by atoms with Crippen LogP contribution in [0.2, 0.25) is 0 Å². The van der Waals surface area contributed by atoms with Gasteiger partial charge in [-0.3, -0.25) is 5.32 Å². The highest BCUT2D eigenvalue weighted by Gasteiger charge is 2.30. The molecular weight excluding hydrogens is 355 g/mol. The molecule has 0 spiro atoms. The first kappa shape index (κ1) is 18.0. The molecule has 0 aliphatic carbocycles. The van der Waals surface area contributed by atoms with Gasteiger partial charge in [0.05, 0.1) is 6.42 Å². The van der Waals surface area contributed by atoms with Crippen LogP contribution in [0.25, 0.3) is 0 Å². The largest absolute Gasteiger partial charge is 0.395 e. The van der Waals surface area contributed by atoms with Gasteiger partial charge in [0, 0.05) is 13.6 Å². The molecular formula is C13H11F5N4OS. The van der Waals surface area contributed by atoms with Crippen molar-refractivity contribution in [2.24, 2.45) is 0 Å². The third-order valence-corrected chi connectivity index (χ3v) is 3.62. The van der Waals surface area contributed by atoms with E-state index in [-0.39, 0.29) is 16.7 Å². The highest BCUT2D eigenvalue weighted by Crippen LogP contribution is 2.25. The van der Waals surface area contributed by atoms with E-state index in [1.165, 1.54) is 13.1 Å². The van der Waals surface area contributed by atoms with Gasteiger partial charge in [0.15, 0.2) is 11.6 Å². The van der Waals surface area contributed by atoms with E-state index in [1.807, 2.05) is 0 Å². The van der Waals surface area contributed by atoms with Gasteiger partial charge in [-0.25, -0.2) is 13.6 Å². The topological polar surface area (TPSA) is 58.1 Å². The molecule has 0 fully saturated rings. The molecule has 1 aromatic carbocycles. The number of amides is 2. The van der Waals surface area contributed by atoms with Gasteiger partial charge in [0.2, 0.25) is 5.13 Å². The number of urea groups is 1. The Hall–Kier alpha value is -2.30. The van der Waals surface area contributed by atoms with Crippen molar-refractivity contribution < 1.29 is 26.7 Å².